The van der Waals surface area contributed by atoms with Crippen LogP contribution in [0.3, 0.4) is 0 Å². The van der Waals surface area contributed by atoms with E-state index in [9.17, 15) is 10.2 Å². The van der Waals surface area contributed by atoms with Crippen molar-refractivity contribution < 1.29 is 14.9 Å². The van der Waals surface area contributed by atoms with E-state index in [0.29, 0.717) is 0 Å². The van der Waals surface area contributed by atoms with E-state index in [1.54, 1.807) is 6.08 Å². The molecule has 4 nitrogen and oxygen atoms in total. The Labute approximate surface area is 113 Å². The summed E-state index contributed by atoms with van der Waals surface area (Å²) in [6.45, 7) is 5.38. The Morgan fingerprint density at radius 1 is 1.42 bits per heavy atom. The minimum Gasteiger partial charge on any atom is -0.468 e. The van der Waals surface area contributed by atoms with Crippen LogP contribution in [-0.2, 0) is 4.74 Å². The van der Waals surface area contributed by atoms with Gasteiger partial charge in [-0.05, 0) is 5.56 Å². The zero-order valence-corrected chi connectivity index (χ0v) is 10.9. The lowest BCUT2D eigenvalue weighted by molar-refractivity contribution is 0.118. The zero-order valence-electron chi connectivity index (χ0n) is 10.9. The summed E-state index contributed by atoms with van der Waals surface area (Å²) in [6.07, 6.45) is 0.494. The van der Waals surface area contributed by atoms with Gasteiger partial charge >= 0.3 is 0 Å². The fourth-order valence-electron chi connectivity index (χ4n) is 2.04. The van der Waals surface area contributed by atoms with Gasteiger partial charge in [0.2, 0.25) is 5.90 Å². The number of ether oxygens (including phenoxy) is 1. The fraction of sp³-hybridized carbons (Fsp3) is 0.400. The van der Waals surface area contributed by atoms with Crippen molar-refractivity contribution in [1.29, 1.82) is 0 Å². The lowest BCUT2D eigenvalue weighted by Crippen LogP contribution is -2.27. The molecule has 1 aromatic carbocycles. The van der Waals surface area contributed by atoms with E-state index in [1.165, 1.54) is 0 Å². The molecule has 0 amide bonds. The third-order valence-electron chi connectivity index (χ3n) is 3.33. The molecule has 2 N–H and O–H groups in total. The van der Waals surface area contributed by atoms with Gasteiger partial charge in [-0.2, -0.15) is 0 Å². The average Bonchev–Trinajstić information content (AvgIpc) is 2.90. The normalized spacial score (nSPS) is 25.3. The molecule has 0 unspecified atom stereocenters. The third-order valence-corrected chi connectivity index (χ3v) is 3.33. The molecule has 4 atom stereocenters. The van der Waals surface area contributed by atoms with E-state index in [-0.39, 0.29) is 30.6 Å². The van der Waals surface area contributed by atoms with Crippen molar-refractivity contribution in [3.63, 3.8) is 0 Å². The predicted octanol–water partition coefficient (Wildman–Crippen LogP) is 1.70. The highest BCUT2D eigenvalue weighted by Crippen LogP contribution is 2.30. The van der Waals surface area contributed by atoms with Gasteiger partial charge in [0.25, 0.3) is 0 Å². The second-order valence-corrected chi connectivity index (χ2v) is 4.71. The second kappa shape index (κ2) is 5.99. The summed E-state index contributed by atoms with van der Waals surface area (Å²) in [7, 11) is 0. The molecular formula is C15H19NO3. The molecule has 2 rings (SSSR count). The SMILES string of the molecule is C=C[C@H](C)[C@H](O)C1=N[C@@H](CO)[C@H](c2ccccc2)O1. The molecule has 1 aromatic rings. The Bertz CT molecular complexity index is 458. The van der Waals surface area contributed by atoms with Crippen LogP contribution in [0, 0.1) is 5.92 Å². The molecule has 0 radical (unpaired) electrons. The van der Waals surface area contributed by atoms with Crippen molar-refractivity contribution in [2.75, 3.05) is 6.61 Å². The molecule has 0 saturated heterocycles. The summed E-state index contributed by atoms with van der Waals surface area (Å²) in [5, 5.41) is 19.5. The summed E-state index contributed by atoms with van der Waals surface area (Å²) < 4.78 is 5.73. The van der Waals surface area contributed by atoms with E-state index in [2.05, 4.69) is 11.6 Å². The second-order valence-electron chi connectivity index (χ2n) is 4.71. The summed E-state index contributed by atoms with van der Waals surface area (Å²) in [4.78, 5) is 4.28. The van der Waals surface area contributed by atoms with Gasteiger partial charge in [0.1, 0.15) is 18.2 Å². The summed E-state index contributed by atoms with van der Waals surface area (Å²) >= 11 is 0. The summed E-state index contributed by atoms with van der Waals surface area (Å²) in [5.74, 6) is 0.132. The van der Waals surface area contributed by atoms with Crippen molar-refractivity contribution in [2.24, 2.45) is 10.9 Å². The smallest absolute Gasteiger partial charge is 0.214 e. The van der Waals surface area contributed by atoms with Crippen LogP contribution >= 0.6 is 0 Å². The molecule has 0 fully saturated rings. The first kappa shape index (κ1) is 13.8. The topological polar surface area (TPSA) is 62.1 Å². The lowest BCUT2D eigenvalue weighted by atomic mass is 10.0. The van der Waals surface area contributed by atoms with Crippen LogP contribution in [0.1, 0.15) is 18.6 Å². The first-order valence-corrected chi connectivity index (χ1v) is 6.38. The van der Waals surface area contributed by atoms with Gasteiger partial charge in [-0.15, -0.1) is 6.58 Å². The predicted molar refractivity (Wildman–Crippen MR) is 73.9 cm³/mol. The molecule has 0 aliphatic carbocycles. The first-order valence-electron chi connectivity index (χ1n) is 6.38. The highest BCUT2D eigenvalue weighted by Gasteiger charge is 2.35. The number of hydrogen-bond donors (Lipinski definition) is 2. The largest absolute Gasteiger partial charge is 0.468 e. The Kier molecular flexibility index (Phi) is 4.35. The molecule has 0 saturated carbocycles. The Morgan fingerprint density at radius 2 is 2.11 bits per heavy atom. The van der Waals surface area contributed by atoms with Crippen LogP contribution in [-0.4, -0.2) is 34.9 Å². The molecule has 1 heterocycles. The summed E-state index contributed by atoms with van der Waals surface area (Å²) in [6, 6.07) is 9.22. The van der Waals surface area contributed by atoms with E-state index < -0.39 is 6.10 Å². The van der Waals surface area contributed by atoms with E-state index in [1.807, 2.05) is 37.3 Å². The first-order chi connectivity index (χ1) is 9.17. The van der Waals surface area contributed by atoms with Crippen molar-refractivity contribution in [1.82, 2.24) is 0 Å². The Morgan fingerprint density at radius 3 is 2.68 bits per heavy atom. The minimum atomic E-state index is -0.819. The van der Waals surface area contributed by atoms with Crippen molar-refractivity contribution in [2.45, 2.75) is 25.2 Å². The van der Waals surface area contributed by atoms with Gasteiger partial charge in [0.15, 0.2) is 0 Å². The Hall–Kier alpha value is -1.65. The number of benzene rings is 1. The van der Waals surface area contributed by atoms with Gasteiger partial charge in [-0.25, -0.2) is 4.99 Å². The van der Waals surface area contributed by atoms with Gasteiger partial charge in [0, 0.05) is 5.92 Å². The van der Waals surface area contributed by atoms with Crippen molar-refractivity contribution in [3.05, 3.63) is 48.6 Å². The molecule has 4 heteroatoms. The van der Waals surface area contributed by atoms with Crippen LogP contribution in [0.5, 0.6) is 0 Å². The monoisotopic (exact) mass is 261 g/mol. The lowest BCUT2D eigenvalue weighted by Gasteiger charge is -2.19. The Balaban J connectivity index is 2.17. The van der Waals surface area contributed by atoms with Gasteiger partial charge in [-0.1, -0.05) is 43.3 Å². The number of nitrogens with zero attached hydrogens (tertiary/aromatic N) is 1. The van der Waals surface area contributed by atoms with E-state index in [4.69, 9.17) is 4.74 Å². The number of hydrogen-bond acceptors (Lipinski definition) is 4. The maximum Gasteiger partial charge on any atom is 0.214 e. The highest BCUT2D eigenvalue weighted by atomic mass is 16.5. The molecule has 1 aliphatic heterocycles. The quantitative estimate of drug-likeness (QED) is 0.793. The van der Waals surface area contributed by atoms with Gasteiger partial charge in [-0.3, -0.25) is 0 Å². The van der Waals surface area contributed by atoms with Crippen LogP contribution in [0.15, 0.2) is 48.0 Å². The minimum absolute atomic E-state index is 0.113. The molecule has 19 heavy (non-hydrogen) atoms. The summed E-state index contributed by atoms with van der Waals surface area (Å²) in [5.41, 5.74) is 0.943. The van der Waals surface area contributed by atoms with Crippen LogP contribution < -0.4 is 0 Å². The molecule has 0 spiro atoms. The maximum atomic E-state index is 10.1. The highest BCUT2D eigenvalue weighted by molar-refractivity contribution is 5.83. The third kappa shape index (κ3) is 2.85. The average molecular weight is 261 g/mol. The van der Waals surface area contributed by atoms with Gasteiger partial charge in [0.05, 0.1) is 6.61 Å². The fourth-order valence-corrected chi connectivity index (χ4v) is 2.04. The van der Waals surface area contributed by atoms with Crippen LogP contribution in [0.25, 0.3) is 0 Å². The van der Waals surface area contributed by atoms with Gasteiger partial charge < -0.3 is 14.9 Å². The van der Waals surface area contributed by atoms with E-state index in [0.717, 1.165) is 5.56 Å². The molecule has 102 valence electrons. The number of rotatable bonds is 5. The number of aliphatic hydroxyl groups excluding tert-OH is 2. The standard InChI is InChI=1S/C15H19NO3/c1-3-10(2)13(18)15-16-12(9-17)14(19-15)11-7-5-4-6-8-11/h3-8,10,12-14,17-18H,1,9H2,2H3/t10-,12-,13-,14-/m0/s1. The maximum absolute atomic E-state index is 10.1. The molecule has 0 aromatic heterocycles. The van der Waals surface area contributed by atoms with Crippen LogP contribution in [0.4, 0.5) is 0 Å². The molecule has 1 aliphatic rings. The zero-order chi connectivity index (χ0) is 13.8. The van der Waals surface area contributed by atoms with Crippen molar-refractivity contribution in [3.8, 4) is 0 Å². The molecular weight excluding hydrogens is 242 g/mol. The number of aliphatic hydroxyl groups is 2. The van der Waals surface area contributed by atoms with E-state index >= 15 is 0 Å². The number of aliphatic imine (C=N–C) groups is 1. The van der Waals surface area contributed by atoms with Crippen LogP contribution in [0.2, 0.25) is 0 Å². The molecule has 0 bridgehead atoms. The van der Waals surface area contributed by atoms with Crippen molar-refractivity contribution >= 4 is 5.90 Å².